The average Bonchev–Trinajstić information content (AvgIpc) is 3.75. The summed E-state index contributed by atoms with van der Waals surface area (Å²) < 4.78 is 9.33. The van der Waals surface area contributed by atoms with Gasteiger partial charge in [-0.15, -0.1) is 0 Å². The molecule has 0 atom stereocenters. The van der Waals surface area contributed by atoms with E-state index in [1.165, 1.54) is 16.7 Å². The predicted molar refractivity (Wildman–Crippen MR) is 149 cm³/mol. The zero-order chi connectivity index (χ0) is 28.8. The van der Waals surface area contributed by atoms with Crippen molar-refractivity contribution in [3.63, 3.8) is 0 Å². The van der Waals surface area contributed by atoms with E-state index in [0.29, 0.717) is 48.8 Å². The van der Waals surface area contributed by atoms with Crippen molar-refractivity contribution < 1.29 is 29.0 Å². The van der Waals surface area contributed by atoms with Crippen LogP contribution < -0.4 is 15.5 Å². The average molecular weight is 583 g/mol. The van der Waals surface area contributed by atoms with Crippen molar-refractivity contribution >= 4 is 52.9 Å². The van der Waals surface area contributed by atoms with Gasteiger partial charge in [0.15, 0.2) is 24.4 Å². The van der Waals surface area contributed by atoms with Gasteiger partial charge in [0.05, 0.1) is 0 Å². The number of nitrogens with zero attached hydrogens (tertiary/aromatic N) is 5. The molecule has 2 fully saturated rings. The minimum Gasteiger partial charge on any atom is -0.437 e. The normalized spacial score (nSPS) is 14.9. The van der Waals surface area contributed by atoms with Gasteiger partial charge >= 0.3 is 12.1 Å². The van der Waals surface area contributed by atoms with E-state index in [0.717, 1.165) is 29.1 Å². The summed E-state index contributed by atoms with van der Waals surface area (Å²) in [5.41, 5.74) is 1.65. The molecule has 2 aromatic heterocycles. The number of esters is 1. The number of amides is 2. The summed E-state index contributed by atoms with van der Waals surface area (Å²) in [6, 6.07) is 11.2. The Kier molecular flexibility index (Phi) is 8.84. The van der Waals surface area contributed by atoms with Crippen molar-refractivity contribution in [2.45, 2.75) is 29.8 Å². The summed E-state index contributed by atoms with van der Waals surface area (Å²) in [5, 5.41) is 22.4. The van der Waals surface area contributed by atoms with Crippen LogP contribution in [0.3, 0.4) is 0 Å². The number of aliphatic hydroxyl groups is 1. The zero-order valence-electron chi connectivity index (χ0n) is 22.3. The van der Waals surface area contributed by atoms with Crippen LogP contribution in [-0.4, -0.2) is 87.7 Å². The maximum Gasteiger partial charge on any atom is 0.410 e. The molecular weight excluding hydrogens is 552 g/mol. The van der Waals surface area contributed by atoms with Crippen LogP contribution in [0, 0.1) is 12.8 Å². The molecular formula is C26H30N8O6S. The first-order valence-corrected chi connectivity index (χ1v) is 13.9. The van der Waals surface area contributed by atoms with Gasteiger partial charge in [0.1, 0.15) is 11.6 Å². The van der Waals surface area contributed by atoms with Crippen LogP contribution in [0.25, 0.3) is 0 Å². The number of aromatic amines is 1. The minimum absolute atomic E-state index is 0.0586. The number of carbonyl (C=O) groups excluding carboxylic acids is 3. The lowest BCUT2D eigenvalue weighted by Gasteiger charge is -2.34. The Morgan fingerprint density at radius 3 is 2.46 bits per heavy atom. The molecule has 1 aliphatic heterocycles. The van der Waals surface area contributed by atoms with E-state index in [4.69, 9.17) is 14.8 Å². The molecule has 216 valence electrons. The summed E-state index contributed by atoms with van der Waals surface area (Å²) in [7, 11) is 0. The van der Waals surface area contributed by atoms with Crippen LogP contribution in [0.2, 0.25) is 0 Å². The Hall–Kier alpha value is -4.37. The summed E-state index contributed by atoms with van der Waals surface area (Å²) in [4.78, 5) is 49.6. The van der Waals surface area contributed by atoms with Gasteiger partial charge < -0.3 is 35.0 Å². The quantitative estimate of drug-likeness (QED) is 0.156. The van der Waals surface area contributed by atoms with Gasteiger partial charge in [0, 0.05) is 60.5 Å². The van der Waals surface area contributed by atoms with Crippen molar-refractivity contribution in [2.24, 2.45) is 5.92 Å². The van der Waals surface area contributed by atoms with Crippen molar-refractivity contribution in [3.8, 4) is 0 Å². The fraction of sp³-hybridized carbons (Fsp3) is 0.385. The first kappa shape index (κ1) is 28.2. The lowest BCUT2D eigenvalue weighted by molar-refractivity contribution is -0.155. The number of ether oxygens (including phenoxy) is 2. The minimum atomic E-state index is -0.824. The van der Waals surface area contributed by atoms with E-state index in [1.807, 2.05) is 48.2 Å². The second kappa shape index (κ2) is 12.9. The molecule has 1 aromatic carbocycles. The Balaban J connectivity index is 1.26. The summed E-state index contributed by atoms with van der Waals surface area (Å²) in [5.74, 6) is 1.21. The zero-order valence-corrected chi connectivity index (χ0v) is 23.1. The highest BCUT2D eigenvalue weighted by Gasteiger charge is 2.29. The fourth-order valence-electron chi connectivity index (χ4n) is 4.04. The van der Waals surface area contributed by atoms with E-state index in [9.17, 15) is 14.4 Å². The van der Waals surface area contributed by atoms with Gasteiger partial charge in [0.2, 0.25) is 5.91 Å². The second-order valence-electron chi connectivity index (χ2n) is 9.52. The third-order valence-electron chi connectivity index (χ3n) is 6.33. The van der Waals surface area contributed by atoms with Gasteiger partial charge in [-0.25, -0.2) is 19.6 Å². The van der Waals surface area contributed by atoms with Crippen LogP contribution in [0.15, 0.2) is 46.5 Å². The number of hydrogen-bond acceptors (Lipinski definition) is 12. The number of piperazine rings is 1. The summed E-state index contributed by atoms with van der Waals surface area (Å²) >= 11 is 1.38. The number of anilines is 4. The molecule has 5 rings (SSSR count). The van der Waals surface area contributed by atoms with Crippen molar-refractivity contribution in [1.82, 2.24) is 25.1 Å². The summed E-state index contributed by atoms with van der Waals surface area (Å²) in [6.45, 7) is 2.24. The molecule has 15 heteroatoms. The van der Waals surface area contributed by atoms with E-state index in [-0.39, 0.29) is 11.8 Å². The van der Waals surface area contributed by atoms with Crippen LogP contribution in [0.5, 0.6) is 0 Å². The van der Waals surface area contributed by atoms with Crippen molar-refractivity contribution in [2.75, 3.05) is 55.1 Å². The van der Waals surface area contributed by atoms with Crippen LogP contribution in [0.1, 0.15) is 18.5 Å². The van der Waals surface area contributed by atoms with E-state index >= 15 is 0 Å². The third kappa shape index (κ3) is 7.85. The lowest BCUT2D eigenvalue weighted by Crippen LogP contribution is -2.49. The highest BCUT2D eigenvalue weighted by Crippen LogP contribution is 2.32. The molecule has 1 aliphatic carbocycles. The van der Waals surface area contributed by atoms with Crippen LogP contribution in [0.4, 0.5) is 27.9 Å². The van der Waals surface area contributed by atoms with Crippen molar-refractivity contribution in [1.29, 1.82) is 0 Å². The second-order valence-corrected chi connectivity index (χ2v) is 10.6. The highest BCUT2D eigenvalue weighted by atomic mass is 32.2. The molecule has 3 heterocycles. The van der Waals surface area contributed by atoms with Crippen LogP contribution >= 0.6 is 11.8 Å². The molecule has 3 aromatic rings. The molecule has 14 nitrogen and oxygen atoms in total. The monoisotopic (exact) mass is 582 g/mol. The Morgan fingerprint density at radius 2 is 1.80 bits per heavy atom. The molecule has 0 unspecified atom stereocenters. The van der Waals surface area contributed by atoms with Gasteiger partial charge in [-0.2, -0.15) is 5.10 Å². The van der Waals surface area contributed by atoms with E-state index < -0.39 is 25.5 Å². The van der Waals surface area contributed by atoms with Gasteiger partial charge in [-0.3, -0.25) is 9.89 Å². The predicted octanol–water partition coefficient (Wildman–Crippen LogP) is 2.50. The SMILES string of the molecule is Cc1cc(Nc2cc(N3CCN(C(=O)OCC(=O)OCO)CC3)nc(Sc3ccc(NC(=O)C4CC4)cc3)n2)n[nH]1. The molecule has 1 saturated heterocycles. The van der Waals surface area contributed by atoms with E-state index in [1.54, 1.807) is 0 Å². The number of carbonyl (C=O) groups is 3. The largest absolute Gasteiger partial charge is 0.437 e. The molecule has 0 spiro atoms. The first-order valence-electron chi connectivity index (χ1n) is 13.1. The maximum atomic E-state index is 12.3. The molecule has 0 bridgehead atoms. The highest BCUT2D eigenvalue weighted by molar-refractivity contribution is 7.99. The first-order chi connectivity index (χ1) is 19.9. The Morgan fingerprint density at radius 1 is 1.05 bits per heavy atom. The fourth-order valence-corrected chi connectivity index (χ4v) is 4.81. The molecule has 2 amide bonds. The summed E-state index contributed by atoms with van der Waals surface area (Å²) in [6.07, 6.45) is 1.26. The Labute approximate surface area is 239 Å². The molecule has 2 aliphatic rings. The number of nitrogens with one attached hydrogen (secondary N) is 3. The number of benzene rings is 1. The number of H-pyrrole nitrogens is 1. The van der Waals surface area contributed by atoms with Gasteiger partial charge in [-0.1, -0.05) is 0 Å². The van der Waals surface area contributed by atoms with Gasteiger partial charge in [-0.05, 0) is 55.8 Å². The molecule has 4 N–H and O–H groups in total. The van der Waals surface area contributed by atoms with Crippen LogP contribution in [-0.2, 0) is 19.1 Å². The number of hydrogen-bond donors (Lipinski definition) is 4. The van der Waals surface area contributed by atoms with Gasteiger partial charge in [0.25, 0.3) is 0 Å². The topological polar surface area (TPSA) is 175 Å². The number of aliphatic hydroxyl groups excluding tert-OH is 1. The maximum absolute atomic E-state index is 12.3. The van der Waals surface area contributed by atoms with Crippen molar-refractivity contribution in [3.05, 3.63) is 42.1 Å². The molecule has 41 heavy (non-hydrogen) atoms. The molecule has 0 radical (unpaired) electrons. The lowest BCUT2D eigenvalue weighted by atomic mass is 10.3. The number of aromatic nitrogens is 4. The smallest absolute Gasteiger partial charge is 0.410 e. The third-order valence-corrected chi connectivity index (χ3v) is 7.21. The standard InChI is InChI=1S/C26H30N8O6S/c1-16-12-21(32-31-16)28-20-13-22(33-8-10-34(11-9-33)26(38)39-14-23(36)40-15-35)30-25(29-20)41-19-6-4-18(5-7-19)27-24(37)17-2-3-17/h4-7,12-13,17,35H,2-3,8-11,14-15H2,1H3,(H,27,37)(H2,28,29,30,31,32). The number of rotatable bonds is 10. The molecule has 1 saturated carbocycles. The van der Waals surface area contributed by atoms with E-state index in [2.05, 4.69) is 30.6 Å². The Bertz CT molecular complexity index is 1390. The number of aryl methyl sites for hydroxylation is 1.